The summed E-state index contributed by atoms with van der Waals surface area (Å²) in [5.41, 5.74) is -0.882. The quantitative estimate of drug-likeness (QED) is 0.343. The van der Waals surface area contributed by atoms with E-state index in [-0.39, 0.29) is 22.9 Å². The SMILES string of the molecule is CC(C)(C)OP(=O)(O[C@H]1[C@@H](O)[C@H](n2cnc3c(NC(=O)c4ccccc4)ncnc32)O[C@@H]1CO)OC(C)(C)C. The Morgan fingerprint density at radius 1 is 1.08 bits per heavy atom. The summed E-state index contributed by atoms with van der Waals surface area (Å²) < 4.78 is 38.1. The topological polar surface area (TPSA) is 167 Å². The number of nitrogens with zero attached hydrogens (tertiary/aromatic N) is 4. The van der Waals surface area contributed by atoms with Gasteiger partial charge in [-0.2, -0.15) is 0 Å². The summed E-state index contributed by atoms with van der Waals surface area (Å²) in [7, 11) is -4.25. The van der Waals surface area contributed by atoms with Crippen molar-refractivity contribution in [2.45, 2.75) is 77.3 Å². The van der Waals surface area contributed by atoms with Crippen molar-refractivity contribution in [2.24, 2.45) is 0 Å². The third-order valence-electron chi connectivity index (χ3n) is 5.41. The Morgan fingerprint density at radius 2 is 1.72 bits per heavy atom. The number of imidazole rings is 1. The van der Waals surface area contributed by atoms with Crippen LogP contribution in [0.4, 0.5) is 5.82 Å². The lowest BCUT2D eigenvalue weighted by Gasteiger charge is -2.33. The molecule has 1 amide bonds. The van der Waals surface area contributed by atoms with E-state index >= 15 is 0 Å². The van der Waals surface area contributed by atoms with Gasteiger partial charge < -0.3 is 20.3 Å². The van der Waals surface area contributed by atoms with Crippen molar-refractivity contribution in [3.63, 3.8) is 0 Å². The van der Waals surface area contributed by atoms with Gasteiger partial charge in [0.15, 0.2) is 23.2 Å². The fourth-order valence-electron chi connectivity index (χ4n) is 4.01. The number of ether oxygens (including phenoxy) is 1. The van der Waals surface area contributed by atoms with Gasteiger partial charge >= 0.3 is 7.82 Å². The molecule has 2 aromatic heterocycles. The number of carbonyl (C=O) groups excluding carboxylic acids is 1. The fourth-order valence-corrected chi connectivity index (χ4v) is 6.03. The molecule has 1 aliphatic heterocycles. The third kappa shape index (κ3) is 6.87. The van der Waals surface area contributed by atoms with Gasteiger partial charge in [0.05, 0.1) is 24.1 Å². The molecular formula is C25H34N5O8P. The summed E-state index contributed by atoms with van der Waals surface area (Å²) in [6.45, 7) is 9.58. The molecule has 212 valence electrons. The number of nitrogens with one attached hydrogen (secondary N) is 1. The van der Waals surface area contributed by atoms with E-state index in [0.717, 1.165) is 0 Å². The highest BCUT2D eigenvalue weighted by molar-refractivity contribution is 7.48. The first-order chi connectivity index (χ1) is 18.2. The first-order valence-electron chi connectivity index (χ1n) is 12.4. The van der Waals surface area contributed by atoms with Crippen LogP contribution < -0.4 is 5.32 Å². The highest BCUT2D eigenvalue weighted by atomic mass is 31.2. The second-order valence-electron chi connectivity index (χ2n) is 11.0. The zero-order chi connectivity index (χ0) is 28.6. The minimum absolute atomic E-state index is 0.160. The van der Waals surface area contributed by atoms with Crippen LogP contribution in [0.3, 0.4) is 0 Å². The predicted molar refractivity (Wildman–Crippen MR) is 141 cm³/mol. The summed E-state index contributed by atoms with van der Waals surface area (Å²) >= 11 is 0. The van der Waals surface area contributed by atoms with Crippen LogP contribution in [0.2, 0.25) is 0 Å². The van der Waals surface area contributed by atoms with Crippen molar-refractivity contribution in [3.05, 3.63) is 48.5 Å². The van der Waals surface area contributed by atoms with E-state index in [1.807, 2.05) is 0 Å². The van der Waals surface area contributed by atoms with Crippen molar-refractivity contribution in [2.75, 3.05) is 11.9 Å². The molecule has 1 saturated heterocycles. The molecule has 0 radical (unpaired) electrons. The van der Waals surface area contributed by atoms with Gasteiger partial charge in [0.1, 0.15) is 24.6 Å². The molecule has 1 aromatic carbocycles. The molecule has 14 heteroatoms. The highest BCUT2D eigenvalue weighted by Gasteiger charge is 2.51. The zero-order valence-corrected chi connectivity index (χ0v) is 23.5. The normalized spacial score (nSPS) is 22.4. The second-order valence-corrected chi connectivity index (χ2v) is 12.5. The molecule has 1 fully saturated rings. The van der Waals surface area contributed by atoms with Crippen molar-refractivity contribution < 1.29 is 37.9 Å². The molecule has 0 aliphatic carbocycles. The molecule has 4 rings (SSSR count). The number of amides is 1. The number of rotatable bonds is 8. The first kappa shape index (κ1) is 29.2. The predicted octanol–water partition coefficient (Wildman–Crippen LogP) is 3.45. The van der Waals surface area contributed by atoms with E-state index in [1.54, 1.807) is 71.9 Å². The van der Waals surface area contributed by atoms with Gasteiger partial charge in [-0.3, -0.25) is 22.9 Å². The molecule has 0 unspecified atom stereocenters. The van der Waals surface area contributed by atoms with E-state index < -0.39 is 50.2 Å². The summed E-state index contributed by atoms with van der Waals surface area (Å²) in [6.07, 6.45) is -2.34. The molecule has 3 aromatic rings. The lowest BCUT2D eigenvalue weighted by molar-refractivity contribution is -0.0566. The Hall–Kier alpha value is -2.77. The van der Waals surface area contributed by atoms with Gasteiger partial charge in [0.25, 0.3) is 5.91 Å². The number of benzene rings is 1. The average molecular weight is 564 g/mol. The number of hydrogen-bond donors (Lipinski definition) is 3. The maximum atomic E-state index is 13.7. The van der Waals surface area contributed by atoms with Crippen LogP contribution >= 0.6 is 7.82 Å². The number of phosphoric ester groups is 1. The fraction of sp³-hybridized carbons (Fsp3) is 0.520. The van der Waals surface area contributed by atoms with Crippen LogP contribution in [-0.2, 0) is 22.9 Å². The van der Waals surface area contributed by atoms with Crippen LogP contribution in [0.5, 0.6) is 0 Å². The second kappa shape index (κ2) is 11.0. The molecule has 3 N–H and O–H groups in total. The molecule has 0 spiro atoms. The number of anilines is 1. The van der Waals surface area contributed by atoms with Crippen LogP contribution in [0.15, 0.2) is 43.0 Å². The third-order valence-corrected chi connectivity index (χ3v) is 7.46. The number of carbonyl (C=O) groups is 1. The smallest absolute Gasteiger partial charge is 0.394 e. The van der Waals surface area contributed by atoms with E-state index in [9.17, 15) is 19.6 Å². The molecule has 1 aliphatic rings. The number of fused-ring (bicyclic) bond motifs is 1. The Kier molecular flexibility index (Phi) is 8.25. The Bertz CT molecular complexity index is 1330. The summed E-state index contributed by atoms with van der Waals surface area (Å²) in [6, 6.07) is 8.61. The molecule has 4 atom stereocenters. The number of hydrogen-bond acceptors (Lipinski definition) is 11. The Labute approximate surface area is 226 Å². The number of phosphoric acid groups is 1. The largest absolute Gasteiger partial charge is 0.476 e. The maximum absolute atomic E-state index is 13.7. The zero-order valence-electron chi connectivity index (χ0n) is 22.6. The Balaban J connectivity index is 1.62. The highest BCUT2D eigenvalue weighted by Crippen LogP contribution is 2.58. The van der Waals surface area contributed by atoms with Crippen molar-refractivity contribution in [3.8, 4) is 0 Å². The summed E-state index contributed by atoms with van der Waals surface area (Å²) in [5.74, 6) is -0.224. The van der Waals surface area contributed by atoms with E-state index in [0.29, 0.717) is 5.56 Å². The molecule has 3 heterocycles. The standard InChI is InChI=1S/C25H34N5O8P/c1-24(2,3)37-39(34,38-25(4,5)6)36-19-16(12-31)35-23(18(19)32)30-14-28-17-20(26-13-27-21(17)30)29-22(33)15-10-8-7-9-11-15/h7-11,13-14,16,18-19,23,31-32H,12H2,1-6H3,(H,26,27,29,33)/t16-,18-,19-,23-/m1/s1. The van der Waals surface area contributed by atoms with Gasteiger partial charge in [-0.05, 0) is 53.7 Å². The molecular weight excluding hydrogens is 529 g/mol. The van der Waals surface area contributed by atoms with Gasteiger partial charge in [-0.15, -0.1) is 0 Å². The van der Waals surface area contributed by atoms with Crippen molar-refractivity contribution in [1.29, 1.82) is 0 Å². The lowest BCUT2D eigenvalue weighted by Crippen LogP contribution is -2.37. The number of aliphatic hydroxyl groups is 2. The van der Waals surface area contributed by atoms with E-state index in [1.165, 1.54) is 17.2 Å². The molecule has 39 heavy (non-hydrogen) atoms. The molecule has 0 saturated carbocycles. The number of aromatic nitrogens is 4. The minimum atomic E-state index is -4.25. The van der Waals surface area contributed by atoms with E-state index in [2.05, 4.69) is 20.3 Å². The summed E-state index contributed by atoms with van der Waals surface area (Å²) in [5, 5.41) is 24.0. The molecule has 0 bridgehead atoms. The minimum Gasteiger partial charge on any atom is -0.394 e. The van der Waals surface area contributed by atoms with Crippen LogP contribution in [0, 0.1) is 0 Å². The van der Waals surface area contributed by atoms with Gasteiger partial charge in [-0.1, -0.05) is 18.2 Å². The van der Waals surface area contributed by atoms with Gasteiger partial charge in [0, 0.05) is 5.56 Å². The van der Waals surface area contributed by atoms with Crippen LogP contribution in [0.1, 0.15) is 58.1 Å². The summed E-state index contributed by atoms with van der Waals surface area (Å²) in [4.78, 5) is 25.4. The molecule has 13 nitrogen and oxygen atoms in total. The average Bonchev–Trinajstić information content (AvgIpc) is 3.38. The van der Waals surface area contributed by atoms with Gasteiger partial charge in [-0.25, -0.2) is 19.5 Å². The first-order valence-corrected chi connectivity index (χ1v) is 13.8. The van der Waals surface area contributed by atoms with Crippen LogP contribution in [0.25, 0.3) is 11.2 Å². The van der Waals surface area contributed by atoms with Crippen molar-refractivity contribution >= 4 is 30.7 Å². The van der Waals surface area contributed by atoms with Gasteiger partial charge in [0.2, 0.25) is 0 Å². The van der Waals surface area contributed by atoms with E-state index in [4.69, 9.17) is 18.3 Å². The Morgan fingerprint density at radius 3 is 2.31 bits per heavy atom. The van der Waals surface area contributed by atoms with Crippen LogP contribution in [-0.4, -0.2) is 71.8 Å². The lowest BCUT2D eigenvalue weighted by atomic mass is 10.1. The number of aliphatic hydroxyl groups excluding tert-OH is 2. The maximum Gasteiger partial charge on any atom is 0.476 e. The monoisotopic (exact) mass is 563 g/mol. The van der Waals surface area contributed by atoms with Crippen molar-refractivity contribution in [1.82, 2.24) is 19.5 Å².